The van der Waals surface area contributed by atoms with E-state index in [-0.39, 0.29) is 17.0 Å². The van der Waals surface area contributed by atoms with Gasteiger partial charge in [-0.2, -0.15) is 13.2 Å². The molecule has 7 heteroatoms. The molecule has 2 aromatic heterocycles. The van der Waals surface area contributed by atoms with E-state index >= 15 is 0 Å². The third-order valence-corrected chi connectivity index (χ3v) is 4.23. The predicted octanol–water partition coefficient (Wildman–Crippen LogP) is 4.57. The molecule has 1 unspecified atom stereocenters. The number of pyridine rings is 1. The van der Waals surface area contributed by atoms with Gasteiger partial charge in [0.15, 0.2) is 6.10 Å². The quantitative estimate of drug-likeness (QED) is 0.679. The maximum atomic E-state index is 13.1. The lowest BCUT2D eigenvalue weighted by atomic mass is 9.96. The van der Waals surface area contributed by atoms with Crippen LogP contribution in [-0.4, -0.2) is 15.3 Å². The van der Waals surface area contributed by atoms with Crippen LogP contribution in [0.4, 0.5) is 13.2 Å². The summed E-state index contributed by atoms with van der Waals surface area (Å²) in [5, 5.41) is 0. The van der Waals surface area contributed by atoms with Crippen molar-refractivity contribution in [1.82, 2.24) is 9.55 Å². The molecule has 4 rings (SSSR count). The Kier molecular flexibility index (Phi) is 4.07. The van der Waals surface area contributed by atoms with Crippen molar-refractivity contribution in [2.75, 3.05) is 0 Å². The molecular formula is C20H13F3N2O2. The van der Waals surface area contributed by atoms with Crippen molar-refractivity contribution in [2.45, 2.75) is 12.3 Å². The molecule has 0 radical (unpaired) electrons. The Balaban J connectivity index is 1.84. The van der Waals surface area contributed by atoms with Crippen LogP contribution in [0.2, 0.25) is 0 Å². The van der Waals surface area contributed by atoms with E-state index in [2.05, 4.69) is 4.98 Å². The minimum atomic E-state index is -4.50. The highest BCUT2D eigenvalue weighted by molar-refractivity contribution is 6.29. The molecular weight excluding hydrogens is 357 g/mol. The van der Waals surface area contributed by atoms with Crippen LogP contribution in [0.3, 0.4) is 0 Å². The maximum Gasteiger partial charge on any atom is 0.416 e. The standard InChI is InChI=1S/C20H13F3N2O2/c21-20(22,23)15-7-3-5-13(11-15)16-17(26)18(14-6-4-8-24-12-14)27-19(16)25-9-1-2-10-25/h1-12,18H. The summed E-state index contributed by atoms with van der Waals surface area (Å²) in [7, 11) is 0. The first-order chi connectivity index (χ1) is 12.9. The van der Waals surface area contributed by atoms with Crippen molar-refractivity contribution < 1.29 is 22.7 Å². The average molecular weight is 370 g/mol. The summed E-state index contributed by atoms with van der Waals surface area (Å²) in [6, 6.07) is 11.5. The molecule has 0 fully saturated rings. The summed E-state index contributed by atoms with van der Waals surface area (Å²) < 4.78 is 46.8. The zero-order valence-corrected chi connectivity index (χ0v) is 13.9. The number of halogens is 3. The number of carbonyl (C=O) groups is 1. The molecule has 1 aliphatic rings. The van der Waals surface area contributed by atoms with Crippen LogP contribution >= 0.6 is 0 Å². The highest BCUT2D eigenvalue weighted by Crippen LogP contribution is 2.41. The van der Waals surface area contributed by atoms with E-state index in [0.717, 1.165) is 12.1 Å². The molecule has 3 heterocycles. The second kappa shape index (κ2) is 6.42. The van der Waals surface area contributed by atoms with Gasteiger partial charge in [0.2, 0.25) is 11.7 Å². The van der Waals surface area contributed by atoms with Gasteiger partial charge in [-0.15, -0.1) is 0 Å². The topological polar surface area (TPSA) is 44.1 Å². The fourth-order valence-electron chi connectivity index (χ4n) is 2.99. The second-order valence-corrected chi connectivity index (χ2v) is 6.00. The molecule has 0 amide bonds. The first-order valence-electron chi connectivity index (χ1n) is 8.11. The molecule has 1 atom stereocenters. The van der Waals surface area contributed by atoms with Crippen LogP contribution in [0.25, 0.3) is 11.5 Å². The molecule has 1 aromatic carbocycles. The third kappa shape index (κ3) is 3.12. The minimum absolute atomic E-state index is 0.103. The first-order valence-corrected chi connectivity index (χ1v) is 8.11. The molecule has 0 spiro atoms. The van der Waals surface area contributed by atoms with E-state index in [4.69, 9.17) is 4.74 Å². The van der Waals surface area contributed by atoms with Gasteiger partial charge in [-0.1, -0.05) is 18.2 Å². The SMILES string of the molecule is O=C1C(c2cccc(C(F)(F)F)c2)=C(n2cccc2)OC1c1cccnc1. The van der Waals surface area contributed by atoms with Gasteiger partial charge in [-0.25, -0.2) is 0 Å². The normalized spacial score (nSPS) is 17.3. The smallest absolute Gasteiger partial charge is 0.416 e. The number of ether oxygens (including phenoxy) is 1. The number of nitrogens with zero attached hydrogens (tertiary/aromatic N) is 2. The summed E-state index contributed by atoms with van der Waals surface area (Å²) in [6.45, 7) is 0. The van der Waals surface area contributed by atoms with E-state index in [1.165, 1.54) is 18.3 Å². The molecule has 27 heavy (non-hydrogen) atoms. The number of Topliss-reactive ketones (excluding diaryl/α,β-unsaturated/α-hetero) is 1. The van der Waals surface area contributed by atoms with E-state index < -0.39 is 23.6 Å². The fourth-order valence-corrected chi connectivity index (χ4v) is 2.99. The van der Waals surface area contributed by atoms with Crippen molar-refractivity contribution in [1.29, 1.82) is 0 Å². The van der Waals surface area contributed by atoms with Gasteiger partial charge < -0.3 is 4.74 Å². The van der Waals surface area contributed by atoms with Crippen LogP contribution in [0.1, 0.15) is 22.8 Å². The summed E-state index contributed by atoms with van der Waals surface area (Å²) >= 11 is 0. The lowest BCUT2D eigenvalue weighted by molar-refractivity contribution is -0.137. The van der Waals surface area contributed by atoms with Crippen LogP contribution in [0.15, 0.2) is 73.3 Å². The third-order valence-electron chi connectivity index (χ3n) is 4.23. The molecule has 0 bridgehead atoms. The van der Waals surface area contributed by atoms with Crippen LogP contribution in [0, 0.1) is 0 Å². The van der Waals surface area contributed by atoms with Gasteiger partial charge in [-0.05, 0) is 35.9 Å². The molecule has 0 N–H and O–H groups in total. The molecule has 0 saturated carbocycles. The predicted molar refractivity (Wildman–Crippen MR) is 92.1 cm³/mol. The number of carbonyl (C=O) groups excluding carboxylic acids is 1. The Bertz CT molecular complexity index is 1010. The van der Waals surface area contributed by atoms with Crippen molar-refractivity contribution in [3.63, 3.8) is 0 Å². The Morgan fingerprint density at radius 2 is 1.81 bits per heavy atom. The number of benzene rings is 1. The first kappa shape index (κ1) is 17.1. The minimum Gasteiger partial charge on any atom is -0.461 e. The number of ketones is 1. The fraction of sp³-hybridized carbons (Fsp3) is 0.100. The van der Waals surface area contributed by atoms with Crippen molar-refractivity contribution in [3.8, 4) is 0 Å². The number of rotatable bonds is 3. The van der Waals surface area contributed by atoms with E-state index in [9.17, 15) is 18.0 Å². The Hall–Kier alpha value is -3.35. The lowest BCUT2D eigenvalue weighted by Crippen LogP contribution is -2.10. The Morgan fingerprint density at radius 3 is 2.48 bits per heavy atom. The monoisotopic (exact) mass is 370 g/mol. The van der Waals surface area contributed by atoms with E-state index in [0.29, 0.717) is 5.56 Å². The van der Waals surface area contributed by atoms with Crippen molar-refractivity contribution in [3.05, 3.63) is 90.0 Å². The number of hydrogen-bond acceptors (Lipinski definition) is 3. The Morgan fingerprint density at radius 1 is 1.04 bits per heavy atom. The maximum absolute atomic E-state index is 13.1. The Labute approximate surface area is 152 Å². The number of hydrogen-bond donors (Lipinski definition) is 0. The van der Waals surface area contributed by atoms with Gasteiger partial charge >= 0.3 is 6.18 Å². The van der Waals surface area contributed by atoms with Crippen molar-refractivity contribution >= 4 is 17.2 Å². The second-order valence-electron chi connectivity index (χ2n) is 6.00. The zero-order valence-electron chi connectivity index (χ0n) is 13.9. The summed E-state index contributed by atoms with van der Waals surface area (Å²) in [4.78, 5) is 17.1. The van der Waals surface area contributed by atoms with Crippen LogP contribution in [0.5, 0.6) is 0 Å². The largest absolute Gasteiger partial charge is 0.461 e. The summed E-state index contributed by atoms with van der Waals surface area (Å²) in [5.41, 5.74) is -0.0258. The molecule has 4 nitrogen and oxygen atoms in total. The lowest BCUT2D eigenvalue weighted by Gasteiger charge is -2.11. The molecule has 136 valence electrons. The number of alkyl halides is 3. The van der Waals surface area contributed by atoms with Crippen LogP contribution < -0.4 is 0 Å². The highest BCUT2D eigenvalue weighted by atomic mass is 19.4. The van der Waals surface area contributed by atoms with Gasteiger partial charge in [-0.3, -0.25) is 14.3 Å². The molecule has 0 aliphatic carbocycles. The summed E-state index contributed by atoms with van der Waals surface area (Å²) in [6.07, 6.45) is 0.946. The van der Waals surface area contributed by atoms with Gasteiger partial charge in [0.1, 0.15) is 0 Å². The number of aromatic nitrogens is 2. The van der Waals surface area contributed by atoms with Gasteiger partial charge in [0, 0.05) is 30.4 Å². The van der Waals surface area contributed by atoms with E-state index in [1.807, 2.05) is 0 Å². The molecule has 1 aliphatic heterocycles. The zero-order chi connectivity index (χ0) is 19.0. The molecule has 0 saturated heterocycles. The van der Waals surface area contributed by atoms with Gasteiger partial charge in [0.05, 0.1) is 11.1 Å². The van der Waals surface area contributed by atoms with Crippen molar-refractivity contribution in [2.24, 2.45) is 0 Å². The van der Waals surface area contributed by atoms with E-state index in [1.54, 1.807) is 47.4 Å². The molecule has 3 aromatic rings. The average Bonchev–Trinajstić information content (AvgIpc) is 3.29. The van der Waals surface area contributed by atoms with Crippen LogP contribution in [-0.2, 0) is 15.7 Å². The summed E-state index contributed by atoms with van der Waals surface area (Å²) in [5.74, 6) is -0.218. The highest BCUT2D eigenvalue weighted by Gasteiger charge is 2.39. The van der Waals surface area contributed by atoms with Gasteiger partial charge in [0.25, 0.3) is 0 Å².